The van der Waals surface area contributed by atoms with Gasteiger partial charge in [-0.05, 0) is 61.9 Å². The van der Waals surface area contributed by atoms with Crippen LogP contribution in [0, 0.1) is 6.92 Å². The summed E-state index contributed by atoms with van der Waals surface area (Å²) in [6, 6.07) is 19.2. The second-order valence-electron chi connectivity index (χ2n) is 8.24. The minimum Gasteiger partial charge on any atom is -0.357 e. The maximum Gasteiger partial charge on any atom is 0.264 e. The van der Waals surface area contributed by atoms with Crippen LogP contribution in [0.15, 0.2) is 82.2 Å². The lowest BCUT2D eigenvalue weighted by Crippen LogP contribution is -2.50. The fourth-order valence-electron chi connectivity index (χ4n) is 3.58. The number of nitrogens with zero attached hydrogens (tertiary/aromatic N) is 2. The minimum absolute atomic E-state index is 0.0414. The van der Waals surface area contributed by atoms with Crippen molar-refractivity contribution in [3.8, 4) is 0 Å². The molecule has 3 aromatic rings. The Morgan fingerprint density at radius 1 is 1.03 bits per heavy atom. The van der Waals surface area contributed by atoms with E-state index in [2.05, 4.69) is 21.2 Å². The maximum absolute atomic E-state index is 13.7. The van der Waals surface area contributed by atoms with E-state index in [0.29, 0.717) is 5.02 Å². The van der Waals surface area contributed by atoms with Gasteiger partial charge in [-0.1, -0.05) is 63.4 Å². The SMILES string of the molecule is CNC(=O)C(C)N(Cc1ccc(Br)cc1)C(=O)CN(c1cccc(Cl)c1)S(=O)(=O)c1ccc(C)cc1. The number of carbonyl (C=O) groups is 2. The first kappa shape index (κ1) is 27.7. The molecule has 190 valence electrons. The van der Waals surface area contributed by atoms with Gasteiger partial charge in [0.05, 0.1) is 10.6 Å². The number of nitrogens with one attached hydrogen (secondary N) is 1. The van der Waals surface area contributed by atoms with Crippen molar-refractivity contribution in [2.24, 2.45) is 0 Å². The van der Waals surface area contributed by atoms with Crippen LogP contribution >= 0.6 is 27.5 Å². The Balaban J connectivity index is 2.02. The molecule has 0 aliphatic heterocycles. The average Bonchev–Trinajstić information content (AvgIpc) is 2.86. The van der Waals surface area contributed by atoms with E-state index in [-0.39, 0.29) is 23.0 Å². The van der Waals surface area contributed by atoms with E-state index in [4.69, 9.17) is 11.6 Å². The highest BCUT2D eigenvalue weighted by Crippen LogP contribution is 2.27. The number of carbonyl (C=O) groups excluding carboxylic acids is 2. The monoisotopic (exact) mass is 591 g/mol. The van der Waals surface area contributed by atoms with Crippen molar-refractivity contribution in [2.75, 3.05) is 17.9 Å². The molecule has 3 aromatic carbocycles. The van der Waals surface area contributed by atoms with Gasteiger partial charge in [0.25, 0.3) is 10.0 Å². The summed E-state index contributed by atoms with van der Waals surface area (Å²) in [6.07, 6.45) is 0. The minimum atomic E-state index is -4.13. The van der Waals surface area contributed by atoms with Crippen molar-refractivity contribution in [3.05, 3.63) is 93.4 Å². The molecular weight excluding hydrogens is 566 g/mol. The van der Waals surface area contributed by atoms with Gasteiger partial charge >= 0.3 is 0 Å². The molecule has 0 saturated carbocycles. The zero-order chi connectivity index (χ0) is 26.5. The third kappa shape index (κ3) is 6.66. The van der Waals surface area contributed by atoms with Crippen LogP contribution < -0.4 is 9.62 Å². The molecule has 0 spiro atoms. The Kier molecular flexibility index (Phi) is 9.16. The molecular formula is C26H27BrClN3O4S. The lowest BCUT2D eigenvalue weighted by molar-refractivity contribution is -0.139. The molecule has 0 heterocycles. The number of sulfonamides is 1. The van der Waals surface area contributed by atoms with Gasteiger partial charge in [-0.15, -0.1) is 0 Å². The molecule has 36 heavy (non-hydrogen) atoms. The molecule has 3 rings (SSSR count). The summed E-state index contributed by atoms with van der Waals surface area (Å²) >= 11 is 9.55. The van der Waals surface area contributed by atoms with Gasteiger partial charge in [-0.2, -0.15) is 0 Å². The Labute approximate surface area is 225 Å². The van der Waals surface area contributed by atoms with Crippen molar-refractivity contribution >= 4 is 55.1 Å². The molecule has 0 radical (unpaired) electrons. The molecule has 0 aliphatic rings. The van der Waals surface area contributed by atoms with E-state index in [1.54, 1.807) is 37.3 Å². The number of benzene rings is 3. The van der Waals surface area contributed by atoms with Gasteiger partial charge in [0.1, 0.15) is 12.6 Å². The number of anilines is 1. The van der Waals surface area contributed by atoms with Crippen LogP contribution in [0.2, 0.25) is 5.02 Å². The van der Waals surface area contributed by atoms with Gasteiger partial charge < -0.3 is 10.2 Å². The van der Waals surface area contributed by atoms with E-state index in [0.717, 1.165) is 19.9 Å². The smallest absolute Gasteiger partial charge is 0.264 e. The normalized spacial score (nSPS) is 12.0. The Morgan fingerprint density at radius 2 is 1.67 bits per heavy atom. The summed E-state index contributed by atoms with van der Waals surface area (Å²) in [6.45, 7) is 3.06. The highest BCUT2D eigenvalue weighted by molar-refractivity contribution is 9.10. The molecule has 1 unspecified atom stereocenters. The quantitative estimate of drug-likeness (QED) is 0.388. The summed E-state index contributed by atoms with van der Waals surface area (Å²) in [7, 11) is -2.64. The number of hydrogen-bond donors (Lipinski definition) is 1. The topological polar surface area (TPSA) is 86.8 Å². The largest absolute Gasteiger partial charge is 0.357 e. The molecule has 0 bridgehead atoms. The number of hydrogen-bond acceptors (Lipinski definition) is 4. The van der Waals surface area contributed by atoms with E-state index in [9.17, 15) is 18.0 Å². The van der Waals surface area contributed by atoms with Crippen LogP contribution in [0.5, 0.6) is 0 Å². The van der Waals surface area contributed by atoms with Crippen LogP contribution in [0.4, 0.5) is 5.69 Å². The summed E-state index contributed by atoms with van der Waals surface area (Å²) < 4.78 is 29.3. The summed E-state index contributed by atoms with van der Waals surface area (Å²) in [5.41, 5.74) is 1.94. The summed E-state index contributed by atoms with van der Waals surface area (Å²) in [5, 5.41) is 2.89. The van der Waals surface area contributed by atoms with Crippen molar-refractivity contribution < 1.29 is 18.0 Å². The molecule has 0 fully saturated rings. The fourth-order valence-corrected chi connectivity index (χ4v) is 5.43. The second kappa shape index (κ2) is 11.9. The van der Waals surface area contributed by atoms with Gasteiger partial charge in [0, 0.05) is 23.1 Å². The Hall–Kier alpha value is -2.88. The van der Waals surface area contributed by atoms with E-state index >= 15 is 0 Å². The number of aryl methyl sites for hydroxylation is 1. The maximum atomic E-state index is 13.7. The predicted octanol–water partition coefficient (Wildman–Crippen LogP) is 4.77. The lowest BCUT2D eigenvalue weighted by Gasteiger charge is -2.31. The van der Waals surface area contributed by atoms with Crippen LogP contribution in [0.3, 0.4) is 0 Å². The number of rotatable bonds is 9. The molecule has 1 N–H and O–H groups in total. The van der Waals surface area contributed by atoms with Gasteiger partial charge in [0.2, 0.25) is 11.8 Å². The third-order valence-electron chi connectivity index (χ3n) is 5.66. The van der Waals surface area contributed by atoms with E-state index in [1.165, 1.54) is 30.1 Å². The number of halogens is 2. The second-order valence-corrected chi connectivity index (χ2v) is 11.5. The number of likely N-dealkylation sites (N-methyl/N-ethyl adjacent to an activating group) is 1. The molecule has 0 aliphatic carbocycles. The zero-order valence-corrected chi connectivity index (χ0v) is 23.3. The first-order chi connectivity index (χ1) is 17.0. The molecule has 7 nitrogen and oxygen atoms in total. The highest BCUT2D eigenvalue weighted by atomic mass is 79.9. The molecule has 0 aromatic heterocycles. The van der Waals surface area contributed by atoms with Crippen molar-refractivity contribution in [1.82, 2.24) is 10.2 Å². The zero-order valence-electron chi connectivity index (χ0n) is 20.1. The first-order valence-corrected chi connectivity index (χ1v) is 13.7. The van der Waals surface area contributed by atoms with Crippen LogP contribution in [-0.2, 0) is 26.2 Å². The summed E-state index contributed by atoms with van der Waals surface area (Å²) in [5.74, 6) is -0.902. The predicted molar refractivity (Wildman–Crippen MR) is 145 cm³/mol. The van der Waals surface area contributed by atoms with Crippen molar-refractivity contribution in [3.63, 3.8) is 0 Å². The number of amides is 2. The molecule has 0 saturated heterocycles. The lowest BCUT2D eigenvalue weighted by atomic mass is 10.1. The first-order valence-electron chi connectivity index (χ1n) is 11.1. The average molecular weight is 593 g/mol. The summed E-state index contributed by atoms with van der Waals surface area (Å²) in [4.78, 5) is 27.6. The third-order valence-corrected chi connectivity index (χ3v) is 8.22. The van der Waals surface area contributed by atoms with E-state index in [1.807, 2.05) is 31.2 Å². The van der Waals surface area contributed by atoms with Crippen LogP contribution in [0.1, 0.15) is 18.1 Å². The van der Waals surface area contributed by atoms with Crippen LogP contribution in [-0.4, -0.2) is 44.8 Å². The van der Waals surface area contributed by atoms with E-state index < -0.39 is 28.5 Å². The Bertz CT molecular complexity index is 1330. The Morgan fingerprint density at radius 3 is 2.25 bits per heavy atom. The van der Waals surface area contributed by atoms with Crippen molar-refractivity contribution in [2.45, 2.75) is 31.3 Å². The van der Waals surface area contributed by atoms with Gasteiger partial charge in [0.15, 0.2) is 0 Å². The standard InChI is InChI=1S/C26H27BrClN3O4S/c1-18-7-13-24(14-8-18)36(34,35)31(23-6-4-5-22(28)15-23)17-25(32)30(19(2)26(33)29-3)16-20-9-11-21(27)12-10-20/h4-15,19H,16-17H2,1-3H3,(H,29,33). The highest BCUT2D eigenvalue weighted by Gasteiger charge is 2.32. The van der Waals surface area contributed by atoms with Crippen molar-refractivity contribution in [1.29, 1.82) is 0 Å². The van der Waals surface area contributed by atoms with Gasteiger partial charge in [-0.25, -0.2) is 8.42 Å². The van der Waals surface area contributed by atoms with Gasteiger partial charge in [-0.3, -0.25) is 13.9 Å². The fraction of sp³-hybridized carbons (Fsp3) is 0.231. The molecule has 2 amide bonds. The molecule has 10 heteroatoms. The van der Waals surface area contributed by atoms with Crippen LogP contribution in [0.25, 0.3) is 0 Å². The molecule has 1 atom stereocenters.